The summed E-state index contributed by atoms with van der Waals surface area (Å²) in [5.41, 5.74) is 6.65. The van der Waals surface area contributed by atoms with Gasteiger partial charge in [-0.05, 0) is 43.0 Å². The standard InChI is InChI=1S/C25H27NO2.C7H8.C6H18NSi2.Mg/c1-17-14-18(24(27)21(15-17)25(2,3)4)16-26-22-12-8-6-10-19(22)20-11-7-9-13-23(20)28-5;1-7-5-3-2-4-6-7;1-8(2,3)7-9(4,5)6;/h6-16,27H,1-5H3;2-6H,1H3;1-6H3;/q;;-1;+2. The summed E-state index contributed by atoms with van der Waals surface area (Å²) in [6, 6.07) is 30.1. The van der Waals surface area contributed by atoms with Gasteiger partial charge in [-0.3, -0.25) is 0 Å². The Labute approximate surface area is 291 Å². The van der Waals surface area contributed by atoms with E-state index in [1.165, 1.54) is 5.56 Å². The van der Waals surface area contributed by atoms with E-state index in [9.17, 15) is 5.11 Å². The molecule has 0 fully saturated rings. The first-order valence-corrected chi connectivity index (χ1v) is 22.2. The molecule has 0 aliphatic carbocycles. The summed E-state index contributed by atoms with van der Waals surface area (Å²) in [5.74, 6) is 0.882. The number of nitrogens with one attached hydrogen (secondary N) is 1. The third-order valence-corrected chi connectivity index (χ3v) is 11.8. The van der Waals surface area contributed by atoms with Crippen LogP contribution in [-0.2, 0) is 5.41 Å². The Kier molecular flexibility index (Phi) is 16.0. The Bertz CT molecular complexity index is 1490. The Morgan fingerprint density at radius 2 is 1.22 bits per heavy atom. The smallest absolute Gasteiger partial charge is 0.872 e. The van der Waals surface area contributed by atoms with E-state index in [1.54, 1.807) is 13.3 Å². The molecular formula is C38H53MgN2O2Si2+. The maximum atomic E-state index is 13.0. The van der Waals surface area contributed by atoms with Gasteiger partial charge >= 0.3 is 23.1 Å². The number of aryl methyl sites for hydroxylation is 2. The molecule has 0 aromatic heterocycles. The van der Waals surface area contributed by atoms with Gasteiger partial charge in [-0.15, -0.1) is 0 Å². The van der Waals surface area contributed by atoms with Crippen molar-refractivity contribution >= 4 is 51.4 Å². The van der Waals surface area contributed by atoms with Crippen LogP contribution in [0.15, 0.2) is 91.0 Å². The molecular weight excluding hydrogens is 597 g/mol. The van der Waals surface area contributed by atoms with Crippen LogP contribution in [0.2, 0.25) is 39.3 Å². The fraction of sp³-hybridized carbons (Fsp3) is 0.342. The summed E-state index contributed by atoms with van der Waals surface area (Å²) in [7, 11) is -0.540. The van der Waals surface area contributed by atoms with Crippen LogP contribution in [0.3, 0.4) is 0 Å². The van der Waals surface area contributed by atoms with Crippen LogP contribution >= 0.6 is 0 Å². The summed E-state index contributed by atoms with van der Waals surface area (Å²) in [5, 5.41) is 13.0. The molecule has 7 heteroatoms. The SMILES string of the molecule is COc1ccccc1-c1ccccc1[NH+]=Cc1cc(C)cc(C(C)(C)C)c1[O-].C[Si](C)(C)[N-][Si](C)(C)C.Cc1ccccc1.[Mg+2]. The second kappa shape index (κ2) is 17.9. The van der Waals surface area contributed by atoms with E-state index in [2.05, 4.69) is 84.1 Å². The maximum absolute atomic E-state index is 13.0. The molecule has 0 bridgehead atoms. The van der Waals surface area contributed by atoms with Crippen molar-refractivity contribution in [1.82, 2.24) is 0 Å². The van der Waals surface area contributed by atoms with Crippen LogP contribution in [0.1, 0.15) is 43.0 Å². The summed E-state index contributed by atoms with van der Waals surface area (Å²) in [4.78, 5) is 3.35. The average Bonchev–Trinajstić information content (AvgIpc) is 2.92. The molecule has 0 spiro atoms. The van der Waals surface area contributed by atoms with Crippen LogP contribution < -0.4 is 14.8 Å². The molecule has 0 heterocycles. The van der Waals surface area contributed by atoms with E-state index < -0.39 is 16.5 Å². The van der Waals surface area contributed by atoms with Gasteiger partial charge in [-0.2, -0.15) is 0 Å². The molecule has 4 aromatic carbocycles. The van der Waals surface area contributed by atoms with E-state index >= 15 is 0 Å². The van der Waals surface area contributed by atoms with Crippen molar-refractivity contribution in [2.75, 3.05) is 7.11 Å². The maximum Gasteiger partial charge on any atom is 2.00 e. The van der Waals surface area contributed by atoms with Gasteiger partial charge < -0.3 is 14.5 Å². The minimum absolute atomic E-state index is 0. The van der Waals surface area contributed by atoms with Crippen molar-refractivity contribution in [2.24, 2.45) is 0 Å². The summed E-state index contributed by atoms with van der Waals surface area (Å²) in [6.07, 6.45) is 1.80. The van der Waals surface area contributed by atoms with Crippen LogP contribution in [0, 0.1) is 13.8 Å². The molecule has 0 saturated carbocycles. The first-order chi connectivity index (χ1) is 20.4. The van der Waals surface area contributed by atoms with Crippen molar-refractivity contribution in [2.45, 2.75) is 79.3 Å². The molecule has 236 valence electrons. The molecule has 0 aliphatic rings. The van der Waals surface area contributed by atoms with Crippen molar-refractivity contribution in [3.8, 4) is 22.6 Å². The number of ether oxygens (including phenoxy) is 1. The normalized spacial score (nSPS) is 11.5. The van der Waals surface area contributed by atoms with E-state index in [0.29, 0.717) is 5.56 Å². The molecule has 0 radical (unpaired) electrons. The molecule has 0 amide bonds. The van der Waals surface area contributed by atoms with Crippen LogP contribution in [0.4, 0.5) is 5.69 Å². The molecule has 4 rings (SSSR count). The van der Waals surface area contributed by atoms with Crippen molar-refractivity contribution < 1.29 is 14.8 Å². The Balaban J connectivity index is 0.000000489. The fourth-order valence-corrected chi connectivity index (χ4v) is 12.9. The minimum Gasteiger partial charge on any atom is -0.872 e. The molecule has 0 saturated heterocycles. The zero-order chi connectivity index (χ0) is 33.1. The van der Waals surface area contributed by atoms with Gasteiger partial charge in [-0.1, -0.05) is 160 Å². The zero-order valence-corrected chi connectivity index (χ0v) is 33.1. The van der Waals surface area contributed by atoms with E-state index in [0.717, 1.165) is 33.7 Å². The first-order valence-electron chi connectivity index (χ1n) is 15.3. The summed E-state index contributed by atoms with van der Waals surface area (Å²) >= 11 is 0. The number of rotatable bonds is 6. The largest absolute Gasteiger partial charge is 2.00 e. The first kappa shape index (κ1) is 40.3. The molecule has 0 unspecified atom stereocenters. The van der Waals surface area contributed by atoms with Crippen molar-refractivity contribution in [3.05, 3.63) is 118 Å². The fourth-order valence-electron chi connectivity index (χ4n) is 4.87. The molecule has 0 atom stereocenters. The van der Waals surface area contributed by atoms with Gasteiger partial charge in [0.15, 0.2) is 6.21 Å². The van der Waals surface area contributed by atoms with E-state index in [4.69, 9.17) is 9.38 Å². The Morgan fingerprint density at radius 1 is 0.711 bits per heavy atom. The number of para-hydroxylation sites is 2. The Hall–Kier alpha value is -2.69. The van der Waals surface area contributed by atoms with Gasteiger partial charge in [0.1, 0.15) is 5.75 Å². The molecule has 4 nitrogen and oxygen atoms in total. The summed E-state index contributed by atoms with van der Waals surface area (Å²) < 4.78 is 10.3. The van der Waals surface area contributed by atoms with Crippen LogP contribution in [0.25, 0.3) is 15.8 Å². The topological polar surface area (TPSA) is 60.4 Å². The third kappa shape index (κ3) is 14.5. The predicted molar refractivity (Wildman–Crippen MR) is 201 cm³/mol. The number of hydrogen-bond acceptors (Lipinski definition) is 2. The van der Waals surface area contributed by atoms with Gasteiger partial charge in [-0.25, -0.2) is 4.99 Å². The van der Waals surface area contributed by atoms with Crippen molar-refractivity contribution in [1.29, 1.82) is 0 Å². The second-order valence-electron chi connectivity index (χ2n) is 14.1. The van der Waals surface area contributed by atoms with E-state index in [1.807, 2.05) is 85.8 Å². The molecule has 4 aromatic rings. The number of hydrogen-bond donors (Lipinski definition) is 1. The van der Waals surface area contributed by atoms with Crippen LogP contribution in [-0.4, -0.2) is 52.8 Å². The Morgan fingerprint density at radius 3 is 1.69 bits per heavy atom. The van der Waals surface area contributed by atoms with Gasteiger partial charge in [0.25, 0.3) is 0 Å². The second-order valence-corrected chi connectivity index (χ2v) is 23.7. The number of methoxy groups -OCH3 is 1. The van der Waals surface area contributed by atoms with Gasteiger partial charge in [0.2, 0.25) is 5.69 Å². The number of nitrogens with zero attached hydrogens (tertiary/aromatic N) is 1. The molecule has 45 heavy (non-hydrogen) atoms. The quantitative estimate of drug-likeness (QED) is 0.168. The predicted octanol–water partition coefficient (Wildman–Crippen LogP) is 8.52. The van der Waals surface area contributed by atoms with Crippen molar-refractivity contribution in [3.63, 3.8) is 0 Å². The van der Waals surface area contributed by atoms with E-state index in [-0.39, 0.29) is 34.2 Å². The monoisotopic (exact) mass is 649 g/mol. The molecule has 0 aliphatic heterocycles. The van der Waals surface area contributed by atoms with Gasteiger partial charge in [0.05, 0.1) is 12.7 Å². The molecule has 1 N–H and O–H groups in total. The summed E-state index contributed by atoms with van der Waals surface area (Å²) in [6.45, 7) is 24.1. The number of benzene rings is 4. The average molecular weight is 650 g/mol. The third-order valence-electron chi connectivity index (χ3n) is 6.39. The van der Waals surface area contributed by atoms with Crippen LogP contribution in [0.5, 0.6) is 11.5 Å². The van der Waals surface area contributed by atoms with Gasteiger partial charge in [0, 0.05) is 17.2 Å². The zero-order valence-electron chi connectivity index (χ0n) is 29.7. The minimum atomic E-state index is -1.11.